The second-order valence-corrected chi connectivity index (χ2v) is 10.2. The van der Waals surface area contributed by atoms with Gasteiger partial charge < -0.3 is 5.11 Å². The average Bonchev–Trinajstić information content (AvgIpc) is 2.91. The second kappa shape index (κ2) is 5.85. The Morgan fingerprint density at radius 2 is 1.88 bits per heavy atom. The van der Waals surface area contributed by atoms with Crippen LogP contribution in [0.1, 0.15) is 72.1 Å². The number of terminal acetylenes is 1. The Morgan fingerprint density at radius 3 is 2.56 bits per heavy atom. The molecule has 1 N–H and O–H groups in total. The van der Waals surface area contributed by atoms with Crippen LogP contribution in [0.25, 0.3) is 0 Å². The minimum atomic E-state index is -0.110. The van der Waals surface area contributed by atoms with Gasteiger partial charge in [0.05, 0.1) is 6.10 Å². The van der Waals surface area contributed by atoms with Crippen LogP contribution in [-0.4, -0.2) is 17.0 Å². The summed E-state index contributed by atoms with van der Waals surface area (Å²) in [5, 5.41) is 10.2. The molecule has 0 aromatic carbocycles. The van der Waals surface area contributed by atoms with E-state index in [9.17, 15) is 9.90 Å². The van der Waals surface area contributed by atoms with Crippen molar-refractivity contribution in [1.82, 2.24) is 0 Å². The summed E-state index contributed by atoms with van der Waals surface area (Å²) in [6, 6.07) is 0. The number of rotatable bonds is 1. The van der Waals surface area contributed by atoms with Crippen molar-refractivity contribution < 1.29 is 9.90 Å². The van der Waals surface area contributed by atoms with Crippen LogP contribution in [0.4, 0.5) is 0 Å². The van der Waals surface area contributed by atoms with Crippen LogP contribution in [0.15, 0.2) is 0 Å². The van der Waals surface area contributed by atoms with Crippen LogP contribution >= 0.6 is 0 Å². The molecule has 9 atom stereocenters. The molecule has 0 amide bonds. The van der Waals surface area contributed by atoms with Gasteiger partial charge in [0.2, 0.25) is 0 Å². The van der Waals surface area contributed by atoms with E-state index < -0.39 is 0 Å². The lowest BCUT2D eigenvalue weighted by molar-refractivity contribution is -0.148. The van der Waals surface area contributed by atoms with E-state index in [1.807, 2.05) is 0 Å². The van der Waals surface area contributed by atoms with Crippen molar-refractivity contribution in [2.24, 2.45) is 46.3 Å². The number of aliphatic hydroxyl groups excluding tert-OH is 1. The van der Waals surface area contributed by atoms with Crippen LogP contribution in [0, 0.1) is 58.7 Å². The van der Waals surface area contributed by atoms with Gasteiger partial charge in [-0.25, -0.2) is 0 Å². The molecule has 2 heteroatoms. The average molecular weight is 343 g/mol. The number of hydrogen-bond donors (Lipinski definition) is 1. The molecular weight excluding hydrogens is 308 g/mol. The fourth-order valence-corrected chi connectivity index (χ4v) is 8.25. The second-order valence-electron chi connectivity index (χ2n) is 10.2. The normalized spacial score (nSPS) is 54.8. The first-order valence-electron chi connectivity index (χ1n) is 10.5. The van der Waals surface area contributed by atoms with Crippen molar-refractivity contribution in [1.29, 1.82) is 0 Å². The highest BCUT2D eigenvalue weighted by Gasteiger charge is 2.63. The summed E-state index contributed by atoms with van der Waals surface area (Å²) >= 11 is 0. The molecule has 0 radical (unpaired) electrons. The molecule has 0 saturated heterocycles. The fourth-order valence-electron chi connectivity index (χ4n) is 8.25. The lowest BCUT2D eigenvalue weighted by Crippen LogP contribution is -2.57. The highest BCUT2D eigenvalue weighted by atomic mass is 16.3. The molecule has 0 aromatic heterocycles. The lowest BCUT2D eigenvalue weighted by atomic mass is 9.42. The zero-order chi connectivity index (χ0) is 18.0. The molecular formula is C23H34O2. The molecule has 4 aliphatic rings. The van der Waals surface area contributed by atoms with Gasteiger partial charge in [-0.15, -0.1) is 12.3 Å². The van der Waals surface area contributed by atoms with E-state index in [0.717, 1.165) is 32.1 Å². The standard InChI is InChI=1S/C23H34O2/c1-5-15-13-23(4)19(14(2)24)8-9-20(23)18-7-6-16-12-17(25)10-11-22(16,3)21(15)18/h1,15-21,25H,6-13H2,2-4H3/t15-,16-,17-,18+,19-,20+,21+,22+,23-/m1/s1. The van der Waals surface area contributed by atoms with Crippen molar-refractivity contribution >= 4 is 5.78 Å². The first-order chi connectivity index (χ1) is 11.8. The van der Waals surface area contributed by atoms with Crippen LogP contribution in [0.5, 0.6) is 0 Å². The Bertz CT molecular complexity index is 604. The smallest absolute Gasteiger partial charge is 0.133 e. The number of hydrogen-bond acceptors (Lipinski definition) is 2. The van der Waals surface area contributed by atoms with Crippen molar-refractivity contribution in [3.05, 3.63) is 0 Å². The van der Waals surface area contributed by atoms with Crippen LogP contribution < -0.4 is 0 Å². The Kier molecular flexibility index (Phi) is 4.12. The highest BCUT2D eigenvalue weighted by Crippen LogP contribution is 2.68. The summed E-state index contributed by atoms with van der Waals surface area (Å²) in [6.45, 7) is 6.64. The monoisotopic (exact) mass is 342 g/mol. The van der Waals surface area contributed by atoms with E-state index in [4.69, 9.17) is 6.42 Å². The van der Waals surface area contributed by atoms with Crippen LogP contribution in [0.3, 0.4) is 0 Å². The number of aliphatic hydroxyl groups is 1. The molecule has 0 aromatic rings. The summed E-state index contributed by atoms with van der Waals surface area (Å²) in [4.78, 5) is 12.3. The van der Waals surface area contributed by atoms with Gasteiger partial charge in [-0.05, 0) is 92.8 Å². The molecule has 0 unspecified atom stereocenters. The molecule has 25 heavy (non-hydrogen) atoms. The maximum atomic E-state index is 12.3. The Morgan fingerprint density at radius 1 is 1.12 bits per heavy atom. The van der Waals surface area contributed by atoms with Gasteiger partial charge in [0.15, 0.2) is 0 Å². The van der Waals surface area contributed by atoms with Gasteiger partial charge >= 0.3 is 0 Å². The quantitative estimate of drug-likeness (QED) is 0.715. The van der Waals surface area contributed by atoms with Crippen molar-refractivity contribution in [2.45, 2.75) is 78.2 Å². The van der Waals surface area contributed by atoms with Crippen molar-refractivity contribution in [3.63, 3.8) is 0 Å². The molecule has 4 aliphatic carbocycles. The molecule has 0 aliphatic heterocycles. The maximum absolute atomic E-state index is 12.3. The molecule has 0 bridgehead atoms. The predicted octanol–water partition coefficient (Wildman–Crippen LogP) is 4.45. The van der Waals surface area contributed by atoms with Crippen LogP contribution in [-0.2, 0) is 4.79 Å². The molecule has 2 nitrogen and oxygen atoms in total. The summed E-state index contributed by atoms with van der Waals surface area (Å²) < 4.78 is 0. The molecule has 0 spiro atoms. The fraction of sp³-hybridized carbons (Fsp3) is 0.870. The first kappa shape index (κ1) is 17.6. The molecule has 4 rings (SSSR count). The molecule has 0 heterocycles. The molecule has 4 fully saturated rings. The third-order valence-electron chi connectivity index (χ3n) is 9.30. The van der Waals surface area contributed by atoms with Gasteiger partial charge in [-0.3, -0.25) is 4.79 Å². The number of carbonyl (C=O) groups excluding carboxylic acids is 1. The molecule has 138 valence electrons. The summed E-state index contributed by atoms with van der Waals surface area (Å²) in [6.07, 6.45) is 14.8. The third-order valence-corrected chi connectivity index (χ3v) is 9.30. The number of ketones is 1. The number of carbonyl (C=O) groups is 1. The first-order valence-corrected chi connectivity index (χ1v) is 10.5. The van der Waals surface area contributed by atoms with E-state index in [0.29, 0.717) is 35.4 Å². The molecule has 4 saturated carbocycles. The number of Topliss-reactive ketones (excluding diaryl/α,β-unsaturated/α-hetero) is 1. The summed E-state index contributed by atoms with van der Waals surface area (Å²) in [5.41, 5.74) is 0.399. The van der Waals surface area contributed by atoms with Gasteiger partial charge in [0.25, 0.3) is 0 Å². The number of fused-ring (bicyclic) bond motifs is 5. The topological polar surface area (TPSA) is 37.3 Å². The summed E-state index contributed by atoms with van der Waals surface area (Å²) in [5.74, 6) is 6.65. The lowest BCUT2D eigenvalue weighted by Gasteiger charge is -2.62. The van der Waals surface area contributed by atoms with E-state index in [2.05, 4.69) is 19.8 Å². The maximum Gasteiger partial charge on any atom is 0.133 e. The minimum absolute atomic E-state index is 0.110. The minimum Gasteiger partial charge on any atom is -0.393 e. The third kappa shape index (κ3) is 2.38. The van der Waals surface area contributed by atoms with E-state index >= 15 is 0 Å². The predicted molar refractivity (Wildman–Crippen MR) is 99.6 cm³/mol. The largest absolute Gasteiger partial charge is 0.393 e. The highest BCUT2D eigenvalue weighted by molar-refractivity contribution is 5.79. The van der Waals surface area contributed by atoms with Gasteiger partial charge in [-0.2, -0.15) is 0 Å². The Balaban J connectivity index is 1.71. The van der Waals surface area contributed by atoms with Gasteiger partial charge in [-0.1, -0.05) is 13.8 Å². The zero-order valence-electron chi connectivity index (χ0n) is 16.1. The van der Waals surface area contributed by atoms with Crippen LogP contribution in [0.2, 0.25) is 0 Å². The van der Waals surface area contributed by atoms with Gasteiger partial charge in [0, 0.05) is 11.8 Å². The van der Waals surface area contributed by atoms with Crippen molar-refractivity contribution in [2.75, 3.05) is 0 Å². The Hall–Kier alpha value is -0.810. The Labute approximate surface area is 153 Å². The summed E-state index contributed by atoms with van der Waals surface area (Å²) in [7, 11) is 0. The van der Waals surface area contributed by atoms with E-state index in [1.54, 1.807) is 6.92 Å². The van der Waals surface area contributed by atoms with E-state index in [1.165, 1.54) is 19.3 Å². The zero-order valence-corrected chi connectivity index (χ0v) is 16.1. The van der Waals surface area contributed by atoms with E-state index in [-0.39, 0.29) is 22.9 Å². The van der Waals surface area contributed by atoms with Crippen molar-refractivity contribution in [3.8, 4) is 12.3 Å². The van der Waals surface area contributed by atoms with Gasteiger partial charge in [0.1, 0.15) is 5.78 Å². The SMILES string of the molecule is C#C[C@@H]1C[C@]2(C)[C@@H](C(C)=O)CC[C@H]2[C@@H]2CC[C@@H]3C[C@H](O)CC[C@]3(C)[C@H]21.